The molecule has 0 atom stereocenters. The van der Waals surface area contributed by atoms with Gasteiger partial charge in [0.25, 0.3) is 0 Å². The number of aliphatic hydroxyl groups excluding tert-OH is 2. The zero-order chi connectivity index (χ0) is 14.1. The van der Waals surface area contributed by atoms with Crippen LogP contribution in [0.15, 0.2) is 30.3 Å². The fourth-order valence-corrected chi connectivity index (χ4v) is 1.58. The fourth-order valence-electron chi connectivity index (χ4n) is 1.58. The second-order valence-corrected chi connectivity index (χ2v) is 4.41. The van der Waals surface area contributed by atoms with E-state index < -0.39 is 5.54 Å². The molecule has 0 fully saturated rings. The van der Waals surface area contributed by atoms with E-state index in [4.69, 9.17) is 4.74 Å². The summed E-state index contributed by atoms with van der Waals surface area (Å²) in [7, 11) is 0. The first-order chi connectivity index (χ1) is 9.15. The van der Waals surface area contributed by atoms with Crippen molar-refractivity contribution in [3.05, 3.63) is 30.3 Å². The van der Waals surface area contributed by atoms with Crippen LogP contribution in [0.4, 0.5) is 0 Å². The minimum Gasteiger partial charge on any atom is -0.493 e. The predicted molar refractivity (Wildman–Crippen MR) is 71.9 cm³/mol. The number of carbonyl (C=O) groups excluding carboxylic acids is 1. The van der Waals surface area contributed by atoms with Gasteiger partial charge in [0.2, 0.25) is 5.91 Å². The van der Waals surface area contributed by atoms with Crippen molar-refractivity contribution in [1.29, 1.82) is 0 Å². The molecule has 0 bridgehead atoms. The van der Waals surface area contributed by atoms with Crippen LogP contribution in [-0.4, -0.2) is 41.5 Å². The Morgan fingerprint density at radius 1 is 1.26 bits per heavy atom. The smallest absolute Gasteiger partial charge is 0.224 e. The number of rotatable bonds is 8. The molecule has 1 aromatic carbocycles. The number of aliphatic hydroxyl groups is 2. The molecule has 0 radical (unpaired) electrons. The van der Waals surface area contributed by atoms with Crippen molar-refractivity contribution in [3.63, 3.8) is 0 Å². The van der Waals surface area contributed by atoms with E-state index in [-0.39, 0.29) is 32.1 Å². The molecule has 0 aliphatic heterocycles. The van der Waals surface area contributed by atoms with E-state index >= 15 is 0 Å². The highest BCUT2D eigenvalue weighted by Crippen LogP contribution is 2.10. The largest absolute Gasteiger partial charge is 0.493 e. The molecule has 0 saturated heterocycles. The first-order valence-corrected chi connectivity index (χ1v) is 6.36. The second kappa shape index (κ2) is 7.76. The van der Waals surface area contributed by atoms with Crippen LogP contribution in [-0.2, 0) is 4.79 Å². The van der Waals surface area contributed by atoms with Gasteiger partial charge in [-0.25, -0.2) is 0 Å². The van der Waals surface area contributed by atoms with Crippen molar-refractivity contribution in [2.24, 2.45) is 0 Å². The first-order valence-electron chi connectivity index (χ1n) is 6.36. The van der Waals surface area contributed by atoms with Gasteiger partial charge >= 0.3 is 0 Å². The molecule has 1 amide bonds. The second-order valence-electron chi connectivity index (χ2n) is 4.41. The van der Waals surface area contributed by atoms with E-state index in [2.05, 4.69) is 5.32 Å². The van der Waals surface area contributed by atoms with Crippen LogP contribution < -0.4 is 10.1 Å². The summed E-state index contributed by atoms with van der Waals surface area (Å²) in [4.78, 5) is 11.7. The number of hydrogen-bond donors (Lipinski definition) is 3. The zero-order valence-electron chi connectivity index (χ0n) is 11.1. The average molecular weight is 267 g/mol. The lowest BCUT2D eigenvalue weighted by molar-refractivity contribution is -0.125. The van der Waals surface area contributed by atoms with Gasteiger partial charge in [0.05, 0.1) is 31.8 Å². The van der Waals surface area contributed by atoms with Crippen molar-refractivity contribution in [2.75, 3.05) is 19.8 Å². The summed E-state index contributed by atoms with van der Waals surface area (Å²) in [6.45, 7) is 1.48. The van der Waals surface area contributed by atoms with Gasteiger partial charge in [0, 0.05) is 0 Å². The number of para-hydroxylation sites is 1. The van der Waals surface area contributed by atoms with E-state index in [1.807, 2.05) is 30.3 Å². The SMILES string of the molecule is CCC(CO)(CO)NC(=O)CCOc1ccccc1. The Kier molecular flexibility index (Phi) is 6.32. The Balaban J connectivity index is 2.35. The molecule has 0 saturated carbocycles. The van der Waals surface area contributed by atoms with Gasteiger partial charge < -0.3 is 20.3 Å². The standard InChI is InChI=1S/C14H21NO4/c1-2-14(10-16,11-17)15-13(18)8-9-19-12-6-4-3-5-7-12/h3-7,16-17H,2,8-11H2,1H3,(H,15,18). The molecule has 3 N–H and O–H groups in total. The maximum atomic E-state index is 11.7. The minimum atomic E-state index is -0.941. The van der Waals surface area contributed by atoms with Crippen LogP contribution in [0.1, 0.15) is 19.8 Å². The summed E-state index contributed by atoms with van der Waals surface area (Å²) >= 11 is 0. The van der Waals surface area contributed by atoms with E-state index in [0.717, 1.165) is 0 Å². The Morgan fingerprint density at radius 2 is 1.89 bits per heavy atom. The van der Waals surface area contributed by atoms with E-state index in [0.29, 0.717) is 12.2 Å². The molecule has 0 spiro atoms. The van der Waals surface area contributed by atoms with E-state index in [1.165, 1.54) is 0 Å². The Hall–Kier alpha value is -1.59. The van der Waals surface area contributed by atoms with Gasteiger partial charge in [0.15, 0.2) is 0 Å². The van der Waals surface area contributed by atoms with Crippen molar-refractivity contribution in [3.8, 4) is 5.75 Å². The summed E-state index contributed by atoms with van der Waals surface area (Å²) in [6, 6.07) is 9.23. The summed E-state index contributed by atoms with van der Waals surface area (Å²) in [5, 5.41) is 21.1. The Labute approximate surface area is 113 Å². The number of carbonyl (C=O) groups is 1. The maximum Gasteiger partial charge on any atom is 0.224 e. The molecular formula is C14H21NO4. The number of hydrogen-bond acceptors (Lipinski definition) is 4. The molecular weight excluding hydrogens is 246 g/mol. The third-order valence-corrected chi connectivity index (χ3v) is 3.03. The van der Waals surface area contributed by atoms with Gasteiger partial charge in [-0.1, -0.05) is 25.1 Å². The highest BCUT2D eigenvalue weighted by molar-refractivity contribution is 5.77. The lowest BCUT2D eigenvalue weighted by atomic mass is 9.98. The third-order valence-electron chi connectivity index (χ3n) is 3.03. The molecule has 19 heavy (non-hydrogen) atoms. The molecule has 0 heterocycles. The number of amides is 1. The summed E-state index contributed by atoms with van der Waals surface area (Å²) < 4.78 is 5.41. The van der Waals surface area contributed by atoms with Crippen LogP contribution in [0.2, 0.25) is 0 Å². The topological polar surface area (TPSA) is 78.8 Å². The Bertz CT molecular complexity index is 368. The molecule has 0 aliphatic carbocycles. The number of nitrogens with one attached hydrogen (secondary N) is 1. The number of ether oxygens (including phenoxy) is 1. The molecule has 1 rings (SSSR count). The third kappa shape index (κ3) is 4.89. The molecule has 0 aromatic heterocycles. The van der Waals surface area contributed by atoms with Crippen molar-refractivity contribution in [1.82, 2.24) is 5.32 Å². The van der Waals surface area contributed by atoms with Crippen LogP contribution in [0.5, 0.6) is 5.75 Å². The van der Waals surface area contributed by atoms with Crippen molar-refractivity contribution < 1.29 is 19.7 Å². The molecule has 5 nitrogen and oxygen atoms in total. The van der Waals surface area contributed by atoms with Gasteiger partial charge in [0.1, 0.15) is 5.75 Å². The molecule has 0 unspecified atom stereocenters. The van der Waals surface area contributed by atoms with Crippen LogP contribution in [0.25, 0.3) is 0 Å². The van der Waals surface area contributed by atoms with E-state index in [9.17, 15) is 15.0 Å². The van der Waals surface area contributed by atoms with Crippen molar-refractivity contribution in [2.45, 2.75) is 25.3 Å². The quantitative estimate of drug-likeness (QED) is 0.648. The molecule has 5 heteroatoms. The summed E-state index contributed by atoms with van der Waals surface area (Å²) in [6.07, 6.45) is 0.641. The van der Waals surface area contributed by atoms with Gasteiger partial charge in [-0.3, -0.25) is 4.79 Å². The predicted octanol–water partition coefficient (Wildman–Crippen LogP) is 0.705. The van der Waals surface area contributed by atoms with Gasteiger partial charge in [-0.05, 0) is 18.6 Å². The van der Waals surface area contributed by atoms with E-state index in [1.54, 1.807) is 6.92 Å². The number of benzene rings is 1. The van der Waals surface area contributed by atoms with Crippen LogP contribution in [0, 0.1) is 0 Å². The maximum absolute atomic E-state index is 11.7. The lowest BCUT2D eigenvalue weighted by Gasteiger charge is -2.29. The molecule has 106 valence electrons. The lowest BCUT2D eigenvalue weighted by Crippen LogP contribution is -2.54. The average Bonchev–Trinajstić information content (AvgIpc) is 2.46. The molecule has 0 aliphatic rings. The Morgan fingerprint density at radius 3 is 2.42 bits per heavy atom. The fraction of sp³-hybridized carbons (Fsp3) is 0.500. The highest BCUT2D eigenvalue weighted by Gasteiger charge is 2.28. The van der Waals surface area contributed by atoms with Crippen molar-refractivity contribution >= 4 is 5.91 Å². The van der Waals surface area contributed by atoms with Crippen LogP contribution >= 0.6 is 0 Å². The summed E-state index contributed by atoms with van der Waals surface area (Å²) in [5.41, 5.74) is -0.941. The van der Waals surface area contributed by atoms with Gasteiger partial charge in [-0.15, -0.1) is 0 Å². The monoisotopic (exact) mass is 267 g/mol. The highest BCUT2D eigenvalue weighted by atomic mass is 16.5. The molecule has 1 aromatic rings. The first kappa shape index (κ1) is 15.5. The minimum absolute atomic E-state index is 0.177. The summed E-state index contributed by atoms with van der Waals surface area (Å²) in [5.74, 6) is 0.460. The zero-order valence-corrected chi connectivity index (χ0v) is 11.1. The normalized spacial score (nSPS) is 11.1. The van der Waals surface area contributed by atoms with Gasteiger partial charge in [-0.2, -0.15) is 0 Å². The van der Waals surface area contributed by atoms with Crippen LogP contribution in [0.3, 0.4) is 0 Å².